The molecule has 1 fully saturated rings. The summed E-state index contributed by atoms with van der Waals surface area (Å²) in [6, 6.07) is 9.69. The molecule has 8 nitrogen and oxygen atoms in total. The lowest BCUT2D eigenvalue weighted by molar-refractivity contribution is -0.153. The number of nitrogens with one attached hydrogen (secondary N) is 1. The summed E-state index contributed by atoms with van der Waals surface area (Å²) in [6.07, 6.45) is -4.13. The third-order valence-corrected chi connectivity index (χ3v) is 7.03. The minimum absolute atomic E-state index is 0.0261. The molecule has 0 saturated carbocycles. The van der Waals surface area contributed by atoms with Gasteiger partial charge in [-0.05, 0) is 42.3 Å². The Bertz CT molecular complexity index is 1200. The maximum Gasteiger partial charge on any atom is 0.422 e. The number of morpholine rings is 1. The van der Waals surface area contributed by atoms with E-state index >= 15 is 0 Å². The molecule has 0 spiro atoms. The maximum atomic E-state index is 13.2. The average molecular weight is 497 g/mol. The number of nitrogens with zero attached hydrogens (tertiary/aromatic N) is 2. The van der Waals surface area contributed by atoms with Crippen molar-refractivity contribution in [3.63, 3.8) is 0 Å². The molecule has 2 aromatic rings. The summed E-state index contributed by atoms with van der Waals surface area (Å²) in [7, 11) is -3.85. The summed E-state index contributed by atoms with van der Waals surface area (Å²) in [5.74, 6) is -0.919. The van der Waals surface area contributed by atoms with Crippen LogP contribution in [0.25, 0.3) is 0 Å². The van der Waals surface area contributed by atoms with Crippen molar-refractivity contribution in [1.82, 2.24) is 4.31 Å². The molecule has 0 bridgehead atoms. The first-order chi connectivity index (χ1) is 16.0. The number of hydrogen-bond acceptors (Lipinski definition) is 6. The van der Waals surface area contributed by atoms with Gasteiger partial charge in [0.25, 0.3) is 5.91 Å². The van der Waals surface area contributed by atoms with Gasteiger partial charge in [-0.1, -0.05) is 13.0 Å². The summed E-state index contributed by atoms with van der Waals surface area (Å²) >= 11 is 0. The van der Waals surface area contributed by atoms with E-state index in [1.54, 1.807) is 19.1 Å². The van der Waals surface area contributed by atoms with Crippen molar-refractivity contribution in [3.05, 3.63) is 53.1 Å². The fraction of sp³-hybridized carbons (Fsp3) is 0.364. The maximum absolute atomic E-state index is 13.2. The summed E-state index contributed by atoms with van der Waals surface area (Å²) in [6.45, 7) is 1.23. The fourth-order valence-electron chi connectivity index (χ4n) is 3.34. The molecule has 0 aliphatic carbocycles. The van der Waals surface area contributed by atoms with Crippen LogP contribution in [0.3, 0.4) is 0 Å². The molecule has 12 heteroatoms. The standard InChI is InChI=1S/C22H22F3N3O5S/c1-2-15-3-4-16(12-20(15)34(30,31)28-7-9-32-10-8-28)21(29)27-18-5-6-19(17(11-18)13-26)33-14-22(23,24)25/h3-6,11-12H,2,7-10,14H2,1H3,(H,27,29). The van der Waals surface area contributed by atoms with Gasteiger partial charge in [0.1, 0.15) is 11.8 Å². The summed E-state index contributed by atoms with van der Waals surface area (Å²) in [4.78, 5) is 12.8. The normalized spacial score (nSPS) is 14.9. The Morgan fingerprint density at radius 3 is 2.53 bits per heavy atom. The van der Waals surface area contributed by atoms with Gasteiger partial charge in [-0.15, -0.1) is 0 Å². The number of halogens is 3. The number of benzene rings is 2. The smallest absolute Gasteiger partial charge is 0.422 e. The molecule has 0 radical (unpaired) electrons. The molecule has 2 aromatic carbocycles. The lowest BCUT2D eigenvalue weighted by atomic mass is 10.1. The Labute approximate surface area is 194 Å². The van der Waals surface area contributed by atoms with E-state index in [1.165, 1.54) is 28.6 Å². The van der Waals surface area contributed by atoms with Crippen molar-refractivity contribution in [2.45, 2.75) is 24.4 Å². The molecule has 1 saturated heterocycles. The molecule has 34 heavy (non-hydrogen) atoms. The van der Waals surface area contributed by atoms with Crippen LogP contribution >= 0.6 is 0 Å². The van der Waals surface area contributed by atoms with Crippen LogP contribution in [0.5, 0.6) is 5.75 Å². The predicted molar refractivity (Wildman–Crippen MR) is 116 cm³/mol. The minimum atomic E-state index is -4.57. The van der Waals surface area contributed by atoms with Crippen molar-refractivity contribution < 1.29 is 35.9 Å². The van der Waals surface area contributed by atoms with E-state index in [1.807, 2.05) is 0 Å². The summed E-state index contributed by atoms with van der Waals surface area (Å²) < 4.78 is 74.6. The van der Waals surface area contributed by atoms with E-state index in [2.05, 4.69) is 10.1 Å². The largest absolute Gasteiger partial charge is 0.483 e. The number of amides is 1. The first kappa shape index (κ1) is 25.5. The minimum Gasteiger partial charge on any atom is -0.483 e. The van der Waals surface area contributed by atoms with Gasteiger partial charge in [0, 0.05) is 24.3 Å². The van der Waals surface area contributed by atoms with E-state index in [4.69, 9.17) is 4.74 Å². The Morgan fingerprint density at radius 1 is 1.21 bits per heavy atom. The van der Waals surface area contributed by atoms with E-state index < -0.39 is 28.7 Å². The molecule has 0 atom stereocenters. The van der Waals surface area contributed by atoms with Crippen molar-refractivity contribution in [2.24, 2.45) is 0 Å². The van der Waals surface area contributed by atoms with Crippen LogP contribution in [0.2, 0.25) is 0 Å². The Hall–Kier alpha value is -3.14. The number of anilines is 1. The van der Waals surface area contributed by atoms with Crippen LogP contribution in [-0.2, 0) is 21.2 Å². The van der Waals surface area contributed by atoms with E-state index in [9.17, 15) is 31.6 Å². The van der Waals surface area contributed by atoms with Gasteiger partial charge < -0.3 is 14.8 Å². The zero-order valence-electron chi connectivity index (χ0n) is 18.2. The van der Waals surface area contributed by atoms with Gasteiger partial charge in [-0.2, -0.15) is 22.7 Å². The van der Waals surface area contributed by atoms with E-state index in [-0.39, 0.29) is 53.8 Å². The molecule has 182 valence electrons. The lowest BCUT2D eigenvalue weighted by Gasteiger charge is -2.27. The second-order valence-corrected chi connectivity index (χ2v) is 9.28. The number of alkyl halides is 3. The van der Waals surface area contributed by atoms with Crippen LogP contribution in [0, 0.1) is 11.3 Å². The number of carbonyl (C=O) groups is 1. The molecular weight excluding hydrogens is 475 g/mol. The Kier molecular flexibility index (Phi) is 7.81. The molecule has 3 rings (SSSR count). The Morgan fingerprint density at radius 2 is 1.91 bits per heavy atom. The van der Waals surface area contributed by atoms with Crippen LogP contribution < -0.4 is 10.1 Å². The van der Waals surface area contributed by atoms with Gasteiger partial charge >= 0.3 is 6.18 Å². The number of carbonyl (C=O) groups excluding carboxylic acids is 1. The second-order valence-electron chi connectivity index (χ2n) is 7.37. The van der Waals surface area contributed by atoms with Gasteiger partial charge in [0.2, 0.25) is 10.0 Å². The lowest BCUT2D eigenvalue weighted by Crippen LogP contribution is -2.41. The highest BCUT2D eigenvalue weighted by Crippen LogP contribution is 2.27. The average Bonchev–Trinajstić information content (AvgIpc) is 2.82. The first-order valence-electron chi connectivity index (χ1n) is 10.3. The fourth-order valence-corrected chi connectivity index (χ4v) is 5.07. The number of ether oxygens (including phenoxy) is 2. The van der Waals surface area contributed by atoms with Crippen LogP contribution in [0.1, 0.15) is 28.4 Å². The van der Waals surface area contributed by atoms with Crippen molar-refractivity contribution in [2.75, 3.05) is 38.2 Å². The molecule has 0 aromatic heterocycles. The number of nitriles is 1. The number of rotatable bonds is 7. The number of hydrogen-bond donors (Lipinski definition) is 1. The van der Waals surface area contributed by atoms with Crippen molar-refractivity contribution in [3.8, 4) is 11.8 Å². The van der Waals surface area contributed by atoms with E-state index in [0.717, 1.165) is 6.07 Å². The van der Waals surface area contributed by atoms with Crippen molar-refractivity contribution >= 4 is 21.6 Å². The molecule has 1 aliphatic rings. The monoisotopic (exact) mass is 497 g/mol. The number of aryl methyl sites for hydroxylation is 1. The van der Waals surface area contributed by atoms with Gasteiger partial charge in [-0.25, -0.2) is 8.42 Å². The molecule has 0 unspecified atom stereocenters. The van der Waals surface area contributed by atoms with E-state index in [0.29, 0.717) is 12.0 Å². The van der Waals surface area contributed by atoms with Crippen LogP contribution in [0.15, 0.2) is 41.3 Å². The van der Waals surface area contributed by atoms with Crippen molar-refractivity contribution in [1.29, 1.82) is 5.26 Å². The second kappa shape index (κ2) is 10.4. The number of sulfonamides is 1. The van der Waals surface area contributed by atoms with Gasteiger partial charge in [-0.3, -0.25) is 4.79 Å². The summed E-state index contributed by atoms with van der Waals surface area (Å²) in [5.41, 5.74) is 0.568. The Balaban J connectivity index is 1.84. The van der Waals surface area contributed by atoms with Gasteiger partial charge in [0.15, 0.2) is 6.61 Å². The molecule has 1 amide bonds. The van der Waals surface area contributed by atoms with Crippen LogP contribution in [0.4, 0.5) is 18.9 Å². The molecule has 1 N–H and O–H groups in total. The quantitative estimate of drug-likeness (QED) is 0.629. The molecular formula is C22H22F3N3O5S. The molecule has 1 heterocycles. The van der Waals surface area contributed by atoms with Crippen LogP contribution in [-0.4, -0.2) is 57.7 Å². The van der Waals surface area contributed by atoms with Gasteiger partial charge in [0.05, 0.1) is 23.7 Å². The third-order valence-electron chi connectivity index (χ3n) is 5.05. The third kappa shape index (κ3) is 6.05. The highest BCUT2D eigenvalue weighted by atomic mass is 32.2. The summed E-state index contributed by atoms with van der Waals surface area (Å²) in [5, 5.41) is 11.8. The predicted octanol–water partition coefficient (Wildman–Crippen LogP) is 3.33. The highest BCUT2D eigenvalue weighted by molar-refractivity contribution is 7.89. The zero-order valence-corrected chi connectivity index (χ0v) is 19.0. The first-order valence-corrected chi connectivity index (χ1v) is 11.7. The highest BCUT2D eigenvalue weighted by Gasteiger charge is 2.30. The topological polar surface area (TPSA) is 109 Å². The molecule has 1 aliphatic heterocycles. The zero-order chi connectivity index (χ0) is 24.9. The SMILES string of the molecule is CCc1ccc(C(=O)Nc2ccc(OCC(F)(F)F)c(C#N)c2)cc1S(=O)(=O)N1CCOCC1.